The van der Waals surface area contributed by atoms with Crippen LogP contribution in [0.5, 0.6) is 5.75 Å². The molecule has 3 N–H and O–H groups in total. The predicted octanol–water partition coefficient (Wildman–Crippen LogP) is 5.76. The Morgan fingerprint density at radius 3 is 2.11 bits per heavy atom. The van der Waals surface area contributed by atoms with E-state index in [-0.39, 0.29) is 11.6 Å². The highest BCUT2D eigenvalue weighted by Gasteiger charge is 2.30. The molecule has 1 heterocycles. The first-order valence-electron chi connectivity index (χ1n) is 14.7. The average molecular weight is 613 g/mol. The fraction of sp³-hybridized carbons (Fsp3) is 0.375. The van der Waals surface area contributed by atoms with Gasteiger partial charge < -0.3 is 35.4 Å². The van der Waals surface area contributed by atoms with Crippen LogP contribution in [-0.2, 0) is 6.18 Å². The molecule has 3 amide bonds. The van der Waals surface area contributed by atoms with Gasteiger partial charge in [-0.25, -0.2) is 4.79 Å². The van der Waals surface area contributed by atoms with Gasteiger partial charge in [0.1, 0.15) is 5.75 Å². The Bertz CT molecular complexity index is 1420. The van der Waals surface area contributed by atoms with Gasteiger partial charge in [0, 0.05) is 56.3 Å². The van der Waals surface area contributed by atoms with Gasteiger partial charge in [-0.05, 0) is 61.6 Å². The highest BCUT2D eigenvalue weighted by molar-refractivity contribution is 6.04. The maximum atomic E-state index is 13.5. The summed E-state index contributed by atoms with van der Waals surface area (Å²) < 4.78 is 44.8. The number of carbonyl (C=O) groups is 2. The van der Waals surface area contributed by atoms with Gasteiger partial charge in [-0.3, -0.25) is 4.79 Å². The number of rotatable bonds is 11. The normalized spacial score (nSPS) is 13.5. The fourth-order valence-corrected chi connectivity index (χ4v) is 5.18. The quantitative estimate of drug-likeness (QED) is 0.255. The largest absolute Gasteiger partial charge is 0.495 e. The number of likely N-dealkylation sites (N-methyl/N-ethyl adjacent to an activating group) is 1. The van der Waals surface area contributed by atoms with E-state index in [1.54, 1.807) is 25.3 Å². The molecule has 0 saturated carbocycles. The highest BCUT2D eigenvalue weighted by atomic mass is 19.4. The molecule has 1 fully saturated rings. The second-order valence-corrected chi connectivity index (χ2v) is 10.3. The molecule has 0 unspecified atom stereocenters. The second kappa shape index (κ2) is 14.8. The van der Waals surface area contributed by atoms with E-state index < -0.39 is 17.8 Å². The first-order valence-corrected chi connectivity index (χ1v) is 14.7. The van der Waals surface area contributed by atoms with Crippen LogP contribution in [0.15, 0.2) is 66.7 Å². The molecular weight excluding hydrogens is 573 g/mol. The molecule has 0 aromatic heterocycles. The molecule has 4 rings (SSSR count). The number of para-hydroxylation sites is 2. The number of hydrogen-bond donors (Lipinski definition) is 3. The average Bonchev–Trinajstić information content (AvgIpc) is 3.02. The monoisotopic (exact) mass is 612 g/mol. The van der Waals surface area contributed by atoms with Crippen molar-refractivity contribution in [3.8, 4) is 5.75 Å². The van der Waals surface area contributed by atoms with E-state index in [9.17, 15) is 22.8 Å². The first-order chi connectivity index (χ1) is 21.1. The molecule has 1 aliphatic heterocycles. The minimum atomic E-state index is -4.53. The van der Waals surface area contributed by atoms with Crippen LogP contribution in [-0.4, -0.2) is 76.3 Å². The lowest BCUT2D eigenvalue weighted by molar-refractivity contribution is -0.137. The molecule has 1 aliphatic rings. The number of benzene rings is 3. The van der Waals surface area contributed by atoms with Gasteiger partial charge in [0.25, 0.3) is 5.91 Å². The summed E-state index contributed by atoms with van der Waals surface area (Å²) in [7, 11) is 1.65. The molecule has 0 aliphatic carbocycles. The second-order valence-electron chi connectivity index (χ2n) is 10.3. The maximum Gasteiger partial charge on any atom is 0.416 e. The fourth-order valence-electron chi connectivity index (χ4n) is 5.18. The molecule has 0 atom stereocenters. The van der Waals surface area contributed by atoms with Gasteiger partial charge in [-0.15, -0.1) is 0 Å². The molecule has 0 spiro atoms. The SMILES string of the molecule is CCN(CC)CCNC(=O)c1cc(NC(=O)Nc2cccc(C(F)(F)F)c2)ccc1N1CCN(c2ccccc2OC)CC1. The Morgan fingerprint density at radius 2 is 1.48 bits per heavy atom. The van der Waals surface area contributed by atoms with Crippen molar-refractivity contribution < 1.29 is 27.5 Å². The summed E-state index contributed by atoms with van der Waals surface area (Å²) in [5.41, 5.74) is 1.60. The number of amides is 3. The zero-order valence-electron chi connectivity index (χ0n) is 25.2. The van der Waals surface area contributed by atoms with Crippen molar-refractivity contribution >= 4 is 34.7 Å². The zero-order chi connectivity index (χ0) is 31.7. The molecule has 0 bridgehead atoms. The molecule has 12 heteroatoms. The van der Waals surface area contributed by atoms with Crippen molar-refractivity contribution in [1.29, 1.82) is 0 Å². The number of nitrogens with zero attached hydrogens (tertiary/aromatic N) is 3. The van der Waals surface area contributed by atoms with E-state index in [0.717, 1.165) is 42.3 Å². The van der Waals surface area contributed by atoms with E-state index in [1.807, 2.05) is 24.3 Å². The van der Waals surface area contributed by atoms with Crippen LogP contribution in [0.25, 0.3) is 0 Å². The van der Waals surface area contributed by atoms with Crippen LogP contribution in [0.2, 0.25) is 0 Å². The lowest BCUT2D eigenvalue weighted by Gasteiger charge is -2.38. The predicted molar refractivity (Wildman–Crippen MR) is 168 cm³/mol. The van der Waals surface area contributed by atoms with Crippen LogP contribution in [0, 0.1) is 0 Å². The Labute approximate surface area is 256 Å². The summed E-state index contributed by atoms with van der Waals surface area (Å²) in [5, 5.41) is 8.08. The lowest BCUT2D eigenvalue weighted by atomic mass is 10.1. The summed E-state index contributed by atoms with van der Waals surface area (Å²) in [6.07, 6.45) is -4.53. The third-order valence-corrected chi connectivity index (χ3v) is 7.60. The molecule has 0 radical (unpaired) electrons. The number of methoxy groups -OCH3 is 1. The van der Waals surface area contributed by atoms with Crippen LogP contribution >= 0.6 is 0 Å². The summed E-state index contributed by atoms with van der Waals surface area (Å²) in [5.74, 6) is 0.523. The molecule has 236 valence electrons. The van der Waals surface area contributed by atoms with Gasteiger partial charge >= 0.3 is 12.2 Å². The van der Waals surface area contributed by atoms with Gasteiger partial charge in [0.2, 0.25) is 0 Å². The summed E-state index contributed by atoms with van der Waals surface area (Å²) in [6, 6.07) is 16.6. The molecule has 1 saturated heterocycles. The van der Waals surface area contributed by atoms with Crippen molar-refractivity contribution in [2.45, 2.75) is 20.0 Å². The first kappa shape index (κ1) is 32.5. The van der Waals surface area contributed by atoms with Gasteiger partial charge in [-0.2, -0.15) is 13.2 Å². The zero-order valence-corrected chi connectivity index (χ0v) is 25.2. The Morgan fingerprint density at radius 1 is 0.841 bits per heavy atom. The third-order valence-electron chi connectivity index (χ3n) is 7.60. The number of alkyl halides is 3. The minimum Gasteiger partial charge on any atom is -0.495 e. The van der Waals surface area contributed by atoms with Crippen molar-refractivity contribution in [1.82, 2.24) is 10.2 Å². The highest BCUT2D eigenvalue weighted by Crippen LogP contribution is 2.32. The third kappa shape index (κ3) is 8.34. The van der Waals surface area contributed by atoms with E-state index in [4.69, 9.17) is 4.74 Å². The topological polar surface area (TPSA) is 89.2 Å². The van der Waals surface area contributed by atoms with Crippen molar-refractivity contribution in [2.75, 3.05) is 79.9 Å². The van der Waals surface area contributed by atoms with Crippen molar-refractivity contribution in [3.63, 3.8) is 0 Å². The van der Waals surface area contributed by atoms with E-state index in [0.29, 0.717) is 50.5 Å². The number of halogens is 3. The number of anilines is 4. The van der Waals surface area contributed by atoms with Crippen LogP contribution in [0.3, 0.4) is 0 Å². The molecule has 9 nitrogen and oxygen atoms in total. The smallest absolute Gasteiger partial charge is 0.416 e. The lowest BCUT2D eigenvalue weighted by Crippen LogP contribution is -2.47. The maximum absolute atomic E-state index is 13.5. The number of carbonyl (C=O) groups excluding carboxylic acids is 2. The van der Waals surface area contributed by atoms with E-state index in [1.165, 1.54) is 12.1 Å². The standard InChI is InChI=1S/C32H39F3N6O3/c1-4-39(5-2)16-15-36-30(42)26-22-25(38-31(43)37-24-10-8-9-23(21-24)32(33,34)35)13-14-27(26)40-17-19-41(20-18-40)28-11-6-7-12-29(28)44-3/h6-14,21-22H,4-5,15-20H2,1-3H3,(H,36,42)(H2,37,38,43). The number of hydrogen-bond acceptors (Lipinski definition) is 6. The van der Waals surface area contributed by atoms with Gasteiger partial charge in [0.15, 0.2) is 0 Å². The Balaban J connectivity index is 1.51. The van der Waals surface area contributed by atoms with Crippen molar-refractivity contribution in [2.24, 2.45) is 0 Å². The number of ether oxygens (including phenoxy) is 1. The van der Waals surface area contributed by atoms with Crippen LogP contribution in [0.1, 0.15) is 29.8 Å². The molecule has 3 aromatic carbocycles. The summed E-state index contributed by atoms with van der Waals surface area (Å²) in [6.45, 7) is 9.75. The Kier molecular flexibility index (Phi) is 10.9. The molecule has 3 aromatic rings. The number of urea groups is 1. The summed E-state index contributed by atoms with van der Waals surface area (Å²) >= 11 is 0. The molecular formula is C32H39F3N6O3. The number of piperazine rings is 1. The van der Waals surface area contributed by atoms with E-state index >= 15 is 0 Å². The minimum absolute atomic E-state index is 0.00349. The van der Waals surface area contributed by atoms with E-state index in [2.05, 4.69) is 44.5 Å². The van der Waals surface area contributed by atoms with Gasteiger partial charge in [0.05, 0.1) is 23.9 Å². The molecule has 44 heavy (non-hydrogen) atoms. The van der Waals surface area contributed by atoms with Crippen LogP contribution in [0.4, 0.5) is 40.7 Å². The van der Waals surface area contributed by atoms with Gasteiger partial charge in [-0.1, -0.05) is 32.0 Å². The summed E-state index contributed by atoms with van der Waals surface area (Å²) in [4.78, 5) is 32.8. The Hall–Kier alpha value is -4.45. The van der Waals surface area contributed by atoms with Crippen LogP contribution < -0.4 is 30.5 Å². The van der Waals surface area contributed by atoms with Crippen molar-refractivity contribution in [3.05, 3.63) is 77.9 Å². The number of nitrogens with one attached hydrogen (secondary N) is 3.